The van der Waals surface area contributed by atoms with E-state index in [1.807, 2.05) is 61.5 Å². The zero-order chi connectivity index (χ0) is 17.4. The molecule has 0 saturated heterocycles. The highest BCUT2D eigenvalue weighted by molar-refractivity contribution is 6.05. The monoisotopic (exact) mass is 325 g/mol. The number of anilines is 1. The first-order valence-electron chi connectivity index (χ1n) is 7.82. The highest BCUT2D eigenvalue weighted by atomic mass is 16.7. The summed E-state index contributed by atoms with van der Waals surface area (Å²) < 4.78 is 10.5. The van der Waals surface area contributed by atoms with Crippen LogP contribution in [0.4, 0.5) is 5.69 Å². The minimum absolute atomic E-state index is 0.0234. The molecule has 4 nitrogen and oxygen atoms in total. The molecule has 1 N–H and O–H groups in total. The van der Waals surface area contributed by atoms with E-state index in [9.17, 15) is 4.79 Å². The maximum absolute atomic E-state index is 12.2. The second-order valence-corrected chi connectivity index (χ2v) is 5.44. The van der Waals surface area contributed by atoms with Crippen LogP contribution < -0.4 is 5.32 Å². The molecular weight excluding hydrogens is 302 g/mol. The molecule has 0 radical (unpaired) electrons. The third-order valence-corrected chi connectivity index (χ3v) is 3.67. The molecule has 0 amide bonds. The van der Waals surface area contributed by atoms with E-state index < -0.39 is 0 Å². The van der Waals surface area contributed by atoms with E-state index in [2.05, 4.69) is 5.32 Å². The number of benzene rings is 2. The molecular formula is C20H23NO3. The maximum atomic E-state index is 12.2. The van der Waals surface area contributed by atoms with Gasteiger partial charge in [-0.2, -0.15) is 0 Å². The van der Waals surface area contributed by atoms with E-state index in [0.29, 0.717) is 12.0 Å². The number of rotatable bonds is 8. The summed E-state index contributed by atoms with van der Waals surface area (Å²) in [7, 11) is 3.24. The van der Waals surface area contributed by atoms with Crippen LogP contribution in [0.5, 0.6) is 0 Å². The predicted molar refractivity (Wildman–Crippen MR) is 96.1 cm³/mol. The smallest absolute Gasteiger partial charge is 0.187 e. The summed E-state index contributed by atoms with van der Waals surface area (Å²) >= 11 is 0. The summed E-state index contributed by atoms with van der Waals surface area (Å²) in [6.07, 6.45) is 1.93. The van der Waals surface area contributed by atoms with Crippen molar-refractivity contribution in [1.82, 2.24) is 0 Å². The summed E-state index contributed by atoms with van der Waals surface area (Å²) in [4.78, 5) is 12.2. The fraction of sp³-hybridized carbons (Fsp3) is 0.250. The summed E-state index contributed by atoms with van der Waals surface area (Å²) in [5.74, 6) is -0.0234. The van der Waals surface area contributed by atoms with E-state index in [0.717, 1.165) is 16.9 Å². The zero-order valence-electron chi connectivity index (χ0n) is 14.3. The fourth-order valence-corrected chi connectivity index (χ4v) is 2.39. The van der Waals surface area contributed by atoms with Crippen LogP contribution in [0.3, 0.4) is 0 Å². The van der Waals surface area contributed by atoms with Crippen molar-refractivity contribution in [3.63, 3.8) is 0 Å². The van der Waals surface area contributed by atoms with E-state index in [4.69, 9.17) is 9.47 Å². The zero-order valence-corrected chi connectivity index (χ0v) is 14.3. The number of carbonyl (C=O) groups excluding carboxylic acids is 1. The lowest BCUT2D eigenvalue weighted by Gasteiger charge is -2.17. The summed E-state index contributed by atoms with van der Waals surface area (Å²) in [6, 6.07) is 17.1. The van der Waals surface area contributed by atoms with Crippen LogP contribution in [-0.2, 0) is 15.9 Å². The molecule has 0 heterocycles. The van der Waals surface area contributed by atoms with Gasteiger partial charge in [0.15, 0.2) is 12.1 Å². The van der Waals surface area contributed by atoms with E-state index in [1.54, 1.807) is 20.3 Å². The van der Waals surface area contributed by atoms with Gasteiger partial charge in [0.2, 0.25) is 0 Å². The molecule has 0 bridgehead atoms. The van der Waals surface area contributed by atoms with Crippen molar-refractivity contribution in [3.8, 4) is 0 Å². The number of ether oxygens (including phenoxy) is 2. The average molecular weight is 325 g/mol. The van der Waals surface area contributed by atoms with Crippen LogP contribution in [0.1, 0.15) is 22.8 Å². The lowest BCUT2D eigenvalue weighted by molar-refractivity contribution is -0.100. The first kappa shape index (κ1) is 17.9. The molecule has 0 aromatic heterocycles. The van der Waals surface area contributed by atoms with Crippen LogP contribution in [-0.4, -0.2) is 26.3 Å². The average Bonchev–Trinajstić information content (AvgIpc) is 2.61. The number of allylic oxidation sites excluding steroid dienone is 2. The molecule has 24 heavy (non-hydrogen) atoms. The Kier molecular flexibility index (Phi) is 6.73. The molecule has 126 valence electrons. The first-order chi connectivity index (χ1) is 11.6. The van der Waals surface area contributed by atoms with Crippen molar-refractivity contribution < 1.29 is 14.3 Å². The van der Waals surface area contributed by atoms with Gasteiger partial charge in [0.1, 0.15) is 0 Å². The Balaban J connectivity index is 2.12. The number of ketones is 1. The molecule has 2 aromatic rings. The minimum Gasteiger partial charge on any atom is -0.359 e. The van der Waals surface area contributed by atoms with Crippen molar-refractivity contribution in [2.75, 3.05) is 19.5 Å². The molecule has 0 aliphatic heterocycles. The number of hydrogen-bond acceptors (Lipinski definition) is 4. The Morgan fingerprint density at radius 2 is 1.67 bits per heavy atom. The van der Waals surface area contributed by atoms with Crippen LogP contribution in [0, 0.1) is 0 Å². The minimum atomic E-state index is -0.303. The Hall–Kier alpha value is -2.43. The van der Waals surface area contributed by atoms with Crippen LogP contribution in [0.25, 0.3) is 0 Å². The van der Waals surface area contributed by atoms with E-state index >= 15 is 0 Å². The van der Waals surface area contributed by atoms with Crippen molar-refractivity contribution in [3.05, 3.63) is 77.5 Å². The fourth-order valence-electron chi connectivity index (χ4n) is 2.39. The number of hydrogen-bond donors (Lipinski definition) is 1. The summed E-state index contributed by atoms with van der Waals surface area (Å²) in [5.41, 5.74) is 3.45. The van der Waals surface area contributed by atoms with Crippen molar-refractivity contribution >= 4 is 11.5 Å². The molecule has 0 aliphatic rings. The topological polar surface area (TPSA) is 47.6 Å². The number of methoxy groups -OCH3 is 2. The number of para-hydroxylation sites is 1. The normalized spacial score (nSPS) is 11.6. The lowest BCUT2D eigenvalue weighted by atomic mass is 10.1. The van der Waals surface area contributed by atoms with Crippen LogP contribution in [0.2, 0.25) is 0 Å². The van der Waals surface area contributed by atoms with Crippen LogP contribution in [0.15, 0.2) is 66.4 Å². The van der Waals surface area contributed by atoms with Gasteiger partial charge in [-0.1, -0.05) is 48.5 Å². The second kappa shape index (κ2) is 9.01. The molecule has 0 fully saturated rings. The highest BCUT2D eigenvalue weighted by Gasteiger charge is 2.10. The maximum Gasteiger partial charge on any atom is 0.187 e. The Morgan fingerprint density at radius 1 is 1.04 bits per heavy atom. The molecule has 0 atom stereocenters. The third kappa shape index (κ3) is 5.05. The van der Waals surface area contributed by atoms with Gasteiger partial charge in [-0.05, 0) is 18.6 Å². The third-order valence-electron chi connectivity index (χ3n) is 3.67. The van der Waals surface area contributed by atoms with Crippen molar-refractivity contribution in [2.45, 2.75) is 19.6 Å². The first-order valence-corrected chi connectivity index (χ1v) is 7.82. The van der Waals surface area contributed by atoms with Gasteiger partial charge in [0.25, 0.3) is 0 Å². The Morgan fingerprint density at radius 3 is 2.33 bits per heavy atom. The quantitative estimate of drug-likeness (QED) is 0.452. The number of nitrogens with one attached hydrogen (secondary N) is 1. The van der Waals surface area contributed by atoms with E-state index in [-0.39, 0.29) is 12.1 Å². The van der Waals surface area contributed by atoms with Crippen molar-refractivity contribution in [1.29, 1.82) is 0 Å². The van der Waals surface area contributed by atoms with E-state index in [1.165, 1.54) is 0 Å². The molecule has 2 aromatic carbocycles. The molecule has 0 unspecified atom stereocenters. The molecule has 0 saturated carbocycles. The van der Waals surface area contributed by atoms with Gasteiger partial charge in [-0.3, -0.25) is 4.79 Å². The SMILES string of the molecule is COC(Cc1ccccc1N/C(C)=C\C(=O)c1ccccc1)OC. The standard InChI is InChI=1S/C20H23NO3/c1-15(13-19(22)16-9-5-4-6-10-16)21-18-12-8-7-11-17(18)14-20(23-2)24-3/h4-13,20-21H,14H2,1-3H3/b15-13-. The molecule has 0 aliphatic carbocycles. The van der Waals surface area contributed by atoms with Gasteiger partial charge in [0.05, 0.1) is 0 Å². The van der Waals surface area contributed by atoms with Crippen molar-refractivity contribution in [2.24, 2.45) is 0 Å². The summed E-state index contributed by atoms with van der Waals surface area (Å²) in [5, 5.41) is 3.29. The second-order valence-electron chi connectivity index (χ2n) is 5.44. The largest absolute Gasteiger partial charge is 0.359 e. The Bertz CT molecular complexity index is 691. The van der Waals surface area contributed by atoms with Gasteiger partial charge in [-0.25, -0.2) is 0 Å². The van der Waals surface area contributed by atoms with Gasteiger partial charge in [0, 0.05) is 43.7 Å². The molecule has 2 rings (SSSR count). The van der Waals surface area contributed by atoms with Gasteiger partial charge < -0.3 is 14.8 Å². The molecule has 0 spiro atoms. The van der Waals surface area contributed by atoms with Crippen LogP contribution >= 0.6 is 0 Å². The highest BCUT2D eigenvalue weighted by Crippen LogP contribution is 2.20. The van der Waals surface area contributed by atoms with Gasteiger partial charge >= 0.3 is 0 Å². The Labute approximate surface area is 143 Å². The molecule has 4 heteroatoms. The van der Waals surface area contributed by atoms with Gasteiger partial charge in [-0.15, -0.1) is 0 Å². The number of carbonyl (C=O) groups is 1. The lowest BCUT2D eigenvalue weighted by Crippen LogP contribution is -2.17. The predicted octanol–water partition coefficient (Wildman–Crippen LogP) is 4.05. The summed E-state index contributed by atoms with van der Waals surface area (Å²) in [6.45, 7) is 1.88.